The molecule has 0 bridgehead atoms. The molecule has 0 amide bonds. The second-order valence-electron chi connectivity index (χ2n) is 7.99. The number of unbranched alkanes of at least 4 members (excludes halogenated alkanes) is 12. The van der Waals surface area contributed by atoms with E-state index >= 15 is 0 Å². The van der Waals surface area contributed by atoms with Crippen molar-refractivity contribution >= 4 is 0 Å². The fourth-order valence-corrected chi connectivity index (χ4v) is 3.33. The minimum Gasteiger partial charge on any atom is -0.393 e. The summed E-state index contributed by atoms with van der Waals surface area (Å²) in [5.41, 5.74) is 0. The molecule has 0 saturated heterocycles. The van der Waals surface area contributed by atoms with Crippen molar-refractivity contribution in [1.29, 1.82) is 0 Å². The number of hydrogen-bond donors (Lipinski definition) is 1. The summed E-state index contributed by atoms with van der Waals surface area (Å²) in [4.78, 5) is 0. The lowest BCUT2D eigenvalue weighted by Gasteiger charge is -2.10. The molecule has 0 aromatic carbocycles. The average Bonchev–Trinajstić information content (AvgIpc) is 2.72. The third kappa shape index (κ3) is 24.6. The van der Waals surface area contributed by atoms with Gasteiger partial charge in [-0.2, -0.15) is 0 Å². The van der Waals surface area contributed by atoms with Gasteiger partial charge >= 0.3 is 0 Å². The van der Waals surface area contributed by atoms with Crippen LogP contribution in [0.25, 0.3) is 0 Å². The van der Waals surface area contributed by atoms with E-state index in [1.54, 1.807) is 0 Å². The van der Waals surface area contributed by atoms with Crippen molar-refractivity contribution in [1.82, 2.24) is 0 Å². The molecule has 0 heterocycles. The summed E-state index contributed by atoms with van der Waals surface area (Å²) < 4.78 is 0. The van der Waals surface area contributed by atoms with E-state index in [1.807, 2.05) is 6.92 Å². The molecule has 0 fully saturated rings. The minimum absolute atomic E-state index is 0.0741. The molecular weight excluding hydrogens is 352 g/mol. The summed E-state index contributed by atoms with van der Waals surface area (Å²) in [5, 5.41) is 10.1. The van der Waals surface area contributed by atoms with Gasteiger partial charge in [-0.3, -0.25) is 0 Å². The molecule has 0 aromatic rings. The molecule has 0 rings (SSSR count). The van der Waals surface area contributed by atoms with Crippen LogP contribution in [-0.2, 0) is 0 Å². The summed E-state index contributed by atoms with van der Waals surface area (Å²) in [7, 11) is 0. The van der Waals surface area contributed by atoms with Crippen molar-refractivity contribution in [3.05, 3.63) is 0 Å². The van der Waals surface area contributed by atoms with Gasteiger partial charge in [0, 0.05) is 12.8 Å². The van der Waals surface area contributed by atoms with Gasteiger partial charge in [0.25, 0.3) is 0 Å². The number of aliphatic hydroxyl groups excluding tert-OH is 1. The van der Waals surface area contributed by atoms with Gasteiger partial charge in [0.2, 0.25) is 0 Å². The number of rotatable bonds is 16. The Labute approximate surface area is 182 Å². The van der Waals surface area contributed by atoms with Gasteiger partial charge in [-0.1, -0.05) is 115 Å². The van der Waals surface area contributed by atoms with E-state index in [0.29, 0.717) is 12.8 Å². The smallest absolute Gasteiger partial charge is 0.0702 e. The van der Waals surface area contributed by atoms with Gasteiger partial charge in [-0.05, 0) is 19.3 Å². The zero-order valence-electron chi connectivity index (χ0n) is 19.5. The Morgan fingerprint density at radius 1 is 0.517 bits per heavy atom. The summed E-state index contributed by atoms with van der Waals surface area (Å²) in [5.74, 6) is 18.5. The molecule has 0 aliphatic heterocycles. The Morgan fingerprint density at radius 2 is 0.966 bits per heavy atom. The second-order valence-corrected chi connectivity index (χ2v) is 7.99. The van der Waals surface area contributed by atoms with E-state index in [1.165, 1.54) is 83.5 Å². The molecule has 0 spiro atoms. The summed E-state index contributed by atoms with van der Waals surface area (Å²) in [6, 6.07) is 0. The van der Waals surface area contributed by atoms with Gasteiger partial charge in [0.05, 0.1) is 18.9 Å². The fraction of sp³-hybridized carbons (Fsp3) is 0.786. The molecule has 1 nitrogen and oxygen atoms in total. The predicted octanol–water partition coefficient (Wildman–Crippen LogP) is 7.81. The normalized spacial score (nSPS) is 10.9. The second kappa shape index (κ2) is 24.7. The first-order valence-corrected chi connectivity index (χ1v) is 12.4. The highest BCUT2D eigenvalue weighted by Gasteiger charge is 2.03. The third-order valence-corrected chi connectivity index (χ3v) is 5.14. The van der Waals surface area contributed by atoms with E-state index in [4.69, 9.17) is 0 Å². The Kier molecular flexibility index (Phi) is 23.5. The number of aliphatic hydroxyl groups is 1. The maximum absolute atomic E-state index is 10.1. The van der Waals surface area contributed by atoms with Crippen molar-refractivity contribution in [2.75, 3.05) is 0 Å². The third-order valence-electron chi connectivity index (χ3n) is 5.14. The molecule has 0 aliphatic carbocycles. The molecule has 1 atom stereocenters. The van der Waals surface area contributed by atoms with Crippen LogP contribution in [0.4, 0.5) is 0 Å². The molecule has 0 aromatic heterocycles. The van der Waals surface area contributed by atoms with Crippen molar-refractivity contribution < 1.29 is 5.11 Å². The largest absolute Gasteiger partial charge is 0.393 e. The van der Waals surface area contributed by atoms with Crippen LogP contribution in [0.1, 0.15) is 136 Å². The lowest BCUT2D eigenvalue weighted by molar-refractivity contribution is 0.147. The van der Waals surface area contributed by atoms with E-state index < -0.39 is 0 Å². The summed E-state index contributed by atoms with van der Waals surface area (Å²) >= 11 is 0. The average molecular weight is 399 g/mol. The van der Waals surface area contributed by atoms with Crippen molar-refractivity contribution in [2.45, 2.75) is 142 Å². The fourth-order valence-electron chi connectivity index (χ4n) is 3.33. The van der Waals surface area contributed by atoms with Crippen LogP contribution in [0.2, 0.25) is 0 Å². The van der Waals surface area contributed by atoms with Crippen LogP contribution in [0.5, 0.6) is 0 Å². The van der Waals surface area contributed by atoms with Crippen LogP contribution in [0.3, 0.4) is 0 Å². The molecule has 1 N–H and O–H groups in total. The SMILES string of the molecule is CCC#CCC#CCC#CCCCCCCCC(O)CCCCCCCCCC. The lowest BCUT2D eigenvalue weighted by atomic mass is 10.0. The maximum atomic E-state index is 10.1. The molecule has 1 unspecified atom stereocenters. The monoisotopic (exact) mass is 398 g/mol. The van der Waals surface area contributed by atoms with E-state index in [9.17, 15) is 5.11 Å². The van der Waals surface area contributed by atoms with Crippen LogP contribution in [-0.4, -0.2) is 11.2 Å². The Hall–Kier alpha value is -1.36. The highest BCUT2D eigenvalue weighted by atomic mass is 16.3. The molecule has 29 heavy (non-hydrogen) atoms. The van der Waals surface area contributed by atoms with Crippen LogP contribution < -0.4 is 0 Å². The standard InChI is InChI=1S/C28H46O/c1-3-5-7-9-11-13-14-15-16-17-18-19-21-23-25-27-28(29)26-24-22-20-12-10-8-6-4-2/h28-29H,3-4,6,8-10,12,14,17-27H2,1-2H3. The zero-order valence-corrected chi connectivity index (χ0v) is 19.5. The molecule has 1 heteroatoms. The minimum atomic E-state index is -0.0741. The Morgan fingerprint density at radius 3 is 1.52 bits per heavy atom. The van der Waals surface area contributed by atoms with Crippen molar-refractivity contribution in [2.24, 2.45) is 0 Å². The summed E-state index contributed by atoms with van der Waals surface area (Å²) in [6.07, 6.45) is 22.0. The lowest BCUT2D eigenvalue weighted by Crippen LogP contribution is -2.05. The maximum Gasteiger partial charge on any atom is 0.0702 e. The van der Waals surface area contributed by atoms with Gasteiger partial charge in [0.15, 0.2) is 0 Å². The van der Waals surface area contributed by atoms with Gasteiger partial charge < -0.3 is 5.11 Å². The van der Waals surface area contributed by atoms with Gasteiger partial charge in [-0.15, -0.1) is 11.8 Å². The molecule has 0 aliphatic rings. The van der Waals surface area contributed by atoms with Crippen molar-refractivity contribution in [3.8, 4) is 35.5 Å². The summed E-state index contributed by atoms with van der Waals surface area (Å²) in [6.45, 7) is 4.32. The zero-order chi connectivity index (χ0) is 21.3. The number of hydrogen-bond acceptors (Lipinski definition) is 1. The van der Waals surface area contributed by atoms with Crippen LogP contribution in [0.15, 0.2) is 0 Å². The predicted molar refractivity (Wildman–Crippen MR) is 128 cm³/mol. The van der Waals surface area contributed by atoms with Crippen LogP contribution >= 0.6 is 0 Å². The first-order valence-electron chi connectivity index (χ1n) is 12.4. The van der Waals surface area contributed by atoms with Gasteiger partial charge in [0.1, 0.15) is 0 Å². The van der Waals surface area contributed by atoms with E-state index in [-0.39, 0.29) is 6.10 Å². The molecule has 0 radical (unpaired) electrons. The molecule has 164 valence electrons. The Bertz CT molecular complexity index is 514. The molecular formula is C28H46O. The first-order chi connectivity index (χ1) is 14.3. The highest BCUT2D eigenvalue weighted by molar-refractivity contribution is 5.15. The van der Waals surface area contributed by atoms with E-state index in [2.05, 4.69) is 42.4 Å². The van der Waals surface area contributed by atoms with Crippen LogP contribution in [0, 0.1) is 35.5 Å². The topological polar surface area (TPSA) is 20.2 Å². The quantitative estimate of drug-likeness (QED) is 0.208. The van der Waals surface area contributed by atoms with Crippen molar-refractivity contribution in [3.63, 3.8) is 0 Å². The van der Waals surface area contributed by atoms with Gasteiger partial charge in [-0.25, -0.2) is 0 Å². The highest BCUT2D eigenvalue weighted by Crippen LogP contribution is 2.14. The first kappa shape index (κ1) is 27.6. The Balaban J connectivity index is 3.32. The van der Waals surface area contributed by atoms with E-state index in [0.717, 1.165) is 25.7 Å². The molecule has 0 saturated carbocycles.